The van der Waals surface area contributed by atoms with Gasteiger partial charge in [0.15, 0.2) is 0 Å². The third-order valence-electron chi connectivity index (χ3n) is 3.22. The van der Waals surface area contributed by atoms with E-state index in [1.165, 1.54) is 38.5 Å². The molecule has 118 valence electrons. The number of unbranched alkanes of at least 4 members (excludes halogenated alkanes) is 5. The summed E-state index contributed by atoms with van der Waals surface area (Å²) in [6.45, 7) is 2.57. The van der Waals surface area contributed by atoms with Crippen molar-refractivity contribution >= 4 is 17.7 Å². The van der Waals surface area contributed by atoms with Crippen molar-refractivity contribution in [3.8, 4) is 0 Å². The quantitative estimate of drug-likeness (QED) is 0.417. The summed E-state index contributed by atoms with van der Waals surface area (Å²) in [5.41, 5.74) is 0.936. The predicted molar refractivity (Wildman–Crippen MR) is 89.4 cm³/mol. The topological polar surface area (TPSA) is 39.2 Å². The summed E-state index contributed by atoms with van der Waals surface area (Å²) < 4.78 is 5.21. The molecule has 4 heteroatoms. The van der Waals surface area contributed by atoms with E-state index in [1.54, 1.807) is 12.4 Å². The second-order valence-electron chi connectivity index (χ2n) is 5.15. The lowest BCUT2D eigenvalue weighted by Crippen LogP contribution is -2.05. The molecule has 1 aromatic heterocycles. The molecule has 0 saturated heterocycles. The van der Waals surface area contributed by atoms with E-state index in [2.05, 4.69) is 11.9 Å². The Morgan fingerprint density at radius 2 is 2.00 bits per heavy atom. The fourth-order valence-electron chi connectivity index (χ4n) is 1.96. The molecule has 1 rings (SSSR count). The summed E-state index contributed by atoms with van der Waals surface area (Å²) in [7, 11) is 0. The Hall–Kier alpha value is -1.03. The van der Waals surface area contributed by atoms with E-state index >= 15 is 0 Å². The van der Waals surface area contributed by atoms with Crippen LogP contribution < -0.4 is 0 Å². The number of thioether (sulfide) groups is 1. The highest BCUT2D eigenvalue weighted by atomic mass is 32.2. The summed E-state index contributed by atoms with van der Waals surface area (Å²) in [4.78, 5) is 15.6. The molecule has 0 bridgehead atoms. The van der Waals surface area contributed by atoms with Crippen LogP contribution in [0.4, 0.5) is 0 Å². The third kappa shape index (κ3) is 10.4. The number of aromatic nitrogens is 1. The van der Waals surface area contributed by atoms with Crippen molar-refractivity contribution < 1.29 is 9.53 Å². The Balaban J connectivity index is 1.89. The summed E-state index contributed by atoms with van der Waals surface area (Å²) in [5.74, 6) is 1.90. The molecule has 0 unspecified atom stereocenters. The molecule has 0 fully saturated rings. The van der Waals surface area contributed by atoms with E-state index in [9.17, 15) is 4.79 Å². The fraction of sp³-hybridized carbons (Fsp3) is 0.647. The molecule has 0 radical (unpaired) electrons. The number of carbonyl (C=O) groups is 1. The average Bonchev–Trinajstić information content (AvgIpc) is 2.52. The first-order valence-corrected chi connectivity index (χ1v) is 9.10. The molecular formula is C17H27NO2S. The van der Waals surface area contributed by atoms with Gasteiger partial charge in [-0.1, -0.05) is 45.1 Å². The van der Waals surface area contributed by atoms with Crippen molar-refractivity contribution in [1.82, 2.24) is 4.98 Å². The Labute approximate surface area is 132 Å². The Kier molecular flexibility index (Phi) is 10.9. The molecule has 1 aromatic rings. The van der Waals surface area contributed by atoms with Crippen LogP contribution in [0, 0.1) is 0 Å². The summed E-state index contributed by atoms with van der Waals surface area (Å²) in [6, 6.07) is 3.76. The molecule has 0 aliphatic carbocycles. The van der Waals surface area contributed by atoms with Crippen molar-refractivity contribution in [3.05, 3.63) is 30.1 Å². The molecular weight excluding hydrogens is 282 g/mol. The van der Waals surface area contributed by atoms with Gasteiger partial charge in [-0.3, -0.25) is 9.78 Å². The van der Waals surface area contributed by atoms with Gasteiger partial charge < -0.3 is 4.74 Å². The molecule has 0 aliphatic heterocycles. The number of pyridine rings is 1. The van der Waals surface area contributed by atoms with Gasteiger partial charge in [-0.15, -0.1) is 0 Å². The summed E-state index contributed by atoms with van der Waals surface area (Å²) >= 11 is 1.85. The van der Waals surface area contributed by atoms with Crippen LogP contribution in [-0.2, 0) is 16.1 Å². The number of rotatable bonds is 12. The Morgan fingerprint density at radius 1 is 1.19 bits per heavy atom. The van der Waals surface area contributed by atoms with Gasteiger partial charge >= 0.3 is 5.97 Å². The first kappa shape index (κ1) is 18.0. The van der Waals surface area contributed by atoms with E-state index in [0.29, 0.717) is 13.0 Å². The SMILES string of the molecule is CCCCCCCCSCCC(=O)OCc1cccnc1. The van der Waals surface area contributed by atoms with Gasteiger partial charge in [-0.2, -0.15) is 11.8 Å². The van der Waals surface area contributed by atoms with Gasteiger partial charge in [0.25, 0.3) is 0 Å². The van der Waals surface area contributed by atoms with Crippen LogP contribution in [0.5, 0.6) is 0 Å². The molecule has 1 heterocycles. The van der Waals surface area contributed by atoms with E-state index in [0.717, 1.165) is 17.1 Å². The van der Waals surface area contributed by atoms with E-state index in [1.807, 2.05) is 23.9 Å². The molecule has 0 saturated carbocycles. The second kappa shape index (κ2) is 12.7. The van der Waals surface area contributed by atoms with Gasteiger partial charge in [-0.05, 0) is 18.2 Å². The van der Waals surface area contributed by atoms with Gasteiger partial charge in [0.2, 0.25) is 0 Å². The van der Waals surface area contributed by atoms with Crippen molar-refractivity contribution in [1.29, 1.82) is 0 Å². The lowest BCUT2D eigenvalue weighted by atomic mass is 10.1. The third-order valence-corrected chi connectivity index (χ3v) is 4.29. The first-order valence-electron chi connectivity index (χ1n) is 7.95. The first-order chi connectivity index (χ1) is 10.3. The molecule has 0 aromatic carbocycles. The number of hydrogen-bond acceptors (Lipinski definition) is 4. The van der Waals surface area contributed by atoms with E-state index < -0.39 is 0 Å². The zero-order chi connectivity index (χ0) is 15.2. The highest BCUT2D eigenvalue weighted by Gasteiger charge is 2.03. The maximum Gasteiger partial charge on any atom is 0.306 e. The fourth-order valence-corrected chi connectivity index (χ4v) is 2.88. The minimum Gasteiger partial charge on any atom is -0.461 e. The summed E-state index contributed by atoms with van der Waals surface area (Å²) in [5, 5.41) is 0. The largest absolute Gasteiger partial charge is 0.461 e. The maximum absolute atomic E-state index is 11.6. The van der Waals surface area contributed by atoms with Crippen LogP contribution >= 0.6 is 11.8 Å². The molecule has 0 aliphatic rings. The second-order valence-corrected chi connectivity index (χ2v) is 6.38. The summed E-state index contributed by atoms with van der Waals surface area (Å²) in [6.07, 6.45) is 11.9. The normalized spacial score (nSPS) is 10.5. The molecule has 0 amide bonds. The van der Waals surface area contributed by atoms with Gasteiger partial charge in [0.1, 0.15) is 6.61 Å². The average molecular weight is 309 g/mol. The van der Waals surface area contributed by atoms with Gasteiger partial charge in [0.05, 0.1) is 6.42 Å². The zero-order valence-electron chi connectivity index (χ0n) is 13.1. The van der Waals surface area contributed by atoms with Crippen LogP contribution in [0.15, 0.2) is 24.5 Å². The molecule has 0 N–H and O–H groups in total. The van der Waals surface area contributed by atoms with Crippen LogP contribution in [0.1, 0.15) is 57.4 Å². The van der Waals surface area contributed by atoms with Gasteiger partial charge in [0, 0.05) is 23.7 Å². The maximum atomic E-state index is 11.6. The van der Waals surface area contributed by atoms with Crippen LogP contribution in [0.25, 0.3) is 0 Å². The minimum atomic E-state index is -0.116. The zero-order valence-corrected chi connectivity index (χ0v) is 13.9. The molecule has 21 heavy (non-hydrogen) atoms. The predicted octanol–water partition coefficient (Wildman–Crippen LogP) is 4.61. The molecule has 3 nitrogen and oxygen atoms in total. The monoisotopic (exact) mass is 309 g/mol. The van der Waals surface area contributed by atoms with Gasteiger partial charge in [-0.25, -0.2) is 0 Å². The van der Waals surface area contributed by atoms with Crippen LogP contribution in [0.3, 0.4) is 0 Å². The van der Waals surface area contributed by atoms with Crippen LogP contribution in [0.2, 0.25) is 0 Å². The Morgan fingerprint density at radius 3 is 2.76 bits per heavy atom. The van der Waals surface area contributed by atoms with E-state index in [-0.39, 0.29) is 5.97 Å². The lowest BCUT2D eigenvalue weighted by molar-refractivity contribution is -0.144. The van der Waals surface area contributed by atoms with Crippen molar-refractivity contribution in [3.63, 3.8) is 0 Å². The number of nitrogens with zero attached hydrogens (tertiary/aromatic N) is 1. The number of esters is 1. The molecule has 0 spiro atoms. The van der Waals surface area contributed by atoms with Crippen LogP contribution in [-0.4, -0.2) is 22.5 Å². The highest BCUT2D eigenvalue weighted by Crippen LogP contribution is 2.11. The van der Waals surface area contributed by atoms with Crippen molar-refractivity contribution in [2.24, 2.45) is 0 Å². The number of carbonyl (C=O) groups excluding carboxylic acids is 1. The smallest absolute Gasteiger partial charge is 0.306 e. The highest BCUT2D eigenvalue weighted by molar-refractivity contribution is 7.99. The van der Waals surface area contributed by atoms with Crippen molar-refractivity contribution in [2.45, 2.75) is 58.5 Å². The van der Waals surface area contributed by atoms with Crippen molar-refractivity contribution in [2.75, 3.05) is 11.5 Å². The number of ether oxygens (including phenoxy) is 1. The molecule has 0 atom stereocenters. The lowest BCUT2D eigenvalue weighted by Gasteiger charge is -2.05. The standard InChI is InChI=1S/C17H27NO2S/c1-2-3-4-5-6-7-12-21-13-10-17(19)20-15-16-9-8-11-18-14-16/h8-9,11,14H,2-7,10,12-13,15H2,1H3. The Bertz CT molecular complexity index is 370. The minimum absolute atomic E-state index is 0.116. The number of hydrogen-bond donors (Lipinski definition) is 0. The van der Waals surface area contributed by atoms with E-state index in [4.69, 9.17) is 4.74 Å².